The summed E-state index contributed by atoms with van der Waals surface area (Å²) in [7, 11) is 1.82. The summed E-state index contributed by atoms with van der Waals surface area (Å²) in [5.74, 6) is 0.296. The van der Waals surface area contributed by atoms with Gasteiger partial charge >= 0.3 is 0 Å². The van der Waals surface area contributed by atoms with Crippen molar-refractivity contribution in [2.45, 2.75) is 25.8 Å². The van der Waals surface area contributed by atoms with E-state index in [1.165, 1.54) is 6.42 Å². The predicted molar refractivity (Wildman–Crippen MR) is 70.2 cm³/mol. The molecule has 0 aliphatic carbocycles. The first-order chi connectivity index (χ1) is 8.61. The summed E-state index contributed by atoms with van der Waals surface area (Å²) >= 11 is 0. The highest BCUT2D eigenvalue weighted by atomic mass is 16.2. The molecule has 1 amide bonds. The molecule has 6 nitrogen and oxygen atoms in total. The number of nitrogens with two attached hydrogens (primary N) is 1. The molecule has 1 atom stereocenters. The second kappa shape index (κ2) is 5.39. The van der Waals surface area contributed by atoms with Crippen LogP contribution in [0.1, 0.15) is 30.3 Å². The van der Waals surface area contributed by atoms with Gasteiger partial charge in [0.15, 0.2) is 0 Å². The molecule has 2 rings (SSSR count). The average Bonchev–Trinajstić information content (AvgIpc) is 2.96. The van der Waals surface area contributed by atoms with E-state index < -0.39 is 0 Å². The van der Waals surface area contributed by atoms with Crippen LogP contribution in [-0.2, 0) is 0 Å². The second-order valence-electron chi connectivity index (χ2n) is 4.82. The number of rotatable bonds is 4. The number of nitrogen functional groups attached to an aromatic ring is 1. The molecule has 0 aromatic carbocycles. The summed E-state index contributed by atoms with van der Waals surface area (Å²) in [5, 5.41) is 6.43. The Morgan fingerprint density at radius 2 is 2.50 bits per heavy atom. The van der Waals surface area contributed by atoms with Gasteiger partial charge in [0.05, 0.1) is 0 Å². The smallest absolute Gasteiger partial charge is 0.271 e. The number of likely N-dealkylation sites (tertiary alicyclic amines) is 1. The first-order valence-corrected chi connectivity index (χ1v) is 6.42. The van der Waals surface area contributed by atoms with E-state index in [0.29, 0.717) is 17.6 Å². The molecule has 6 heteroatoms. The van der Waals surface area contributed by atoms with Gasteiger partial charge in [0.1, 0.15) is 11.5 Å². The zero-order valence-electron chi connectivity index (χ0n) is 11.0. The topological polar surface area (TPSA) is 78.2 Å². The van der Waals surface area contributed by atoms with Crippen LogP contribution >= 0.6 is 0 Å². The van der Waals surface area contributed by atoms with Crippen LogP contribution in [0.3, 0.4) is 0 Å². The number of nitrogens with one attached hydrogen (secondary N) is 1. The Morgan fingerprint density at radius 1 is 1.72 bits per heavy atom. The van der Waals surface area contributed by atoms with Gasteiger partial charge in [0, 0.05) is 25.7 Å². The van der Waals surface area contributed by atoms with Gasteiger partial charge in [-0.25, -0.2) is 0 Å². The van der Waals surface area contributed by atoms with Crippen molar-refractivity contribution >= 4 is 11.7 Å². The van der Waals surface area contributed by atoms with E-state index in [0.717, 1.165) is 26.1 Å². The summed E-state index contributed by atoms with van der Waals surface area (Å²) in [6.45, 7) is 5.10. The third kappa shape index (κ3) is 2.64. The van der Waals surface area contributed by atoms with E-state index in [1.54, 1.807) is 11.0 Å². The zero-order chi connectivity index (χ0) is 13.1. The van der Waals surface area contributed by atoms with E-state index in [4.69, 9.17) is 5.73 Å². The Bertz CT molecular complexity index is 416. The molecule has 0 radical (unpaired) electrons. The van der Waals surface area contributed by atoms with Crippen LogP contribution in [0.5, 0.6) is 0 Å². The molecule has 3 N–H and O–H groups in total. The maximum absolute atomic E-state index is 12.1. The lowest BCUT2D eigenvalue weighted by Crippen LogP contribution is -2.41. The van der Waals surface area contributed by atoms with E-state index in [9.17, 15) is 4.79 Å². The van der Waals surface area contributed by atoms with Crippen molar-refractivity contribution in [1.29, 1.82) is 0 Å². The highest BCUT2D eigenvalue weighted by Gasteiger charge is 2.26. The van der Waals surface area contributed by atoms with Gasteiger partial charge in [-0.3, -0.25) is 14.8 Å². The SMILES string of the molecule is CCN1CCCC1CN(C)C(=O)c1cc(N)n[nH]1. The standard InChI is InChI=1S/C12H21N5O/c1-3-17-6-4-5-9(17)8-16(2)12(18)10-7-11(13)15-14-10/h7,9H,3-6,8H2,1-2H3,(H3,13,14,15). The highest BCUT2D eigenvalue weighted by molar-refractivity contribution is 5.92. The number of nitrogens with zero attached hydrogens (tertiary/aromatic N) is 3. The molecule has 1 aromatic heterocycles. The minimum Gasteiger partial charge on any atom is -0.382 e. The largest absolute Gasteiger partial charge is 0.382 e. The van der Waals surface area contributed by atoms with E-state index in [2.05, 4.69) is 22.0 Å². The summed E-state index contributed by atoms with van der Waals surface area (Å²) < 4.78 is 0. The van der Waals surface area contributed by atoms with Gasteiger partial charge in [-0.15, -0.1) is 0 Å². The maximum Gasteiger partial charge on any atom is 0.271 e. The Morgan fingerprint density at radius 3 is 3.11 bits per heavy atom. The van der Waals surface area contributed by atoms with Crippen molar-refractivity contribution in [1.82, 2.24) is 20.0 Å². The number of anilines is 1. The first-order valence-electron chi connectivity index (χ1n) is 6.42. The van der Waals surface area contributed by atoms with Crippen LogP contribution in [0.15, 0.2) is 6.07 Å². The molecule has 1 aromatic rings. The molecule has 100 valence electrons. The van der Waals surface area contributed by atoms with Crippen molar-refractivity contribution in [3.05, 3.63) is 11.8 Å². The molecule has 1 saturated heterocycles. The molecule has 1 aliphatic rings. The number of likely N-dealkylation sites (N-methyl/N-ethyl adjacent to an activating group) is 2. The van der Waals surface area contributed by atoms with E-state index >= 15 is 0 Å². The zero-order valence-corrected chi connectivity index (χ0v) is 11.0. The van der Waals surface area contributed by atoms with Crippen molar-refractivity contribution in [3.63, 3.8) is 0 Å². The lowest BCUT2D eigenvalue weighted by molar-refractivity contribution is 0.0749. The fourth-order valence-electron chi connectivity index (χ4n) is 2.57. The summed E-state index contributed by atoms with van der Waals surface area (Å²) in [4.78, 5) is 16.3. The molecular formula is C12H21N5O. The molecular weight excluding hydrogens is 230 g/mol. The quantitative estimate of drug-likeness (QED) is 0.819. The minimum atomic E-state index is -0.0536. The molecule has 0 bridgehead atoms. The van der Waals surface area contributed by atoms with Gasteiger partial charge in [0.25, 0.3) is 5.91 Å². The number of carbonyl (C=O) groups excluding carboxylic acids is 1. The number of H-pyrrole nitrogens is 1. The van der Waals surface area contributed by atoms with Gasteiger partial charge in [-0.05, 0) is 25.9 Å². The van der Waals surface area contributed by atoms with Crippen LogP contribution in [0.4, 0.5) is 5.82 Å². The number of amides is 1. The van der Waals surface area contributed by atoms with Gasteiger partial charge in [-0.1, -0.05) is 6.92 Å². The fourth-order valence-corrected chi connectivity index (χ4v) is 2.57. The maximum atomic E-state index is 12.1. The van der Waals surface area contributed by atoms with Gasteiger partial charge < -0.3 is 10.6 Å². The normalized spacial score (nSPS) is 20.2. The molecule has 1 fully saturated rings. The number of hydrogen-bond acceptors (Lipinski definition) is 4. The monoisotopic (exact) mass is 251 g/mol. The molecule has 2 heterocycles. The van der Waals surface area contributed by atoms with Crippen molar-refractivity contribution in [2.75, 3.05) is 32.4 Å². The number of hydrogen-bond donors (Lipinski definition) is 2. The number of carbonyl (C=O) groups is 1. The molecule has 1 aliphatic heterocycles. The van der Waals surface area contributed by atoms with Crippen LogP contribution in [-0.4, -0.2) is 58.6 Å². The summed E-state index contributed by atoms with van der Waals surface area (Å²) in [6.07, 6.45) is 2.38. The number of aromatic amines is 1. The Hall–Kier alpha value is -1.56. The van der Waals surface area contributed by atoms with Gasteiger partial charge in [-0.2, -0.15) is 5.10 Å². The van der Waals surface area contributed by atoms with Crippen LogP contribution in [0, 0.1) is 0 Å². The van der Waals surface area contributed by atoms with Gasteiger partial charge in [0.2, 0.25) is 0 Å². The van der Waals surface area contributed by atoms with Crippen LogP contribution in [0.2, 0.25) is 0 Å². The predicted octanol–water partition coefficient (Wildman–Crippen LogP) is 0.548. The third-order valence-electron chi connectivity index (χ3n) is 3.56. The van der Waals surface area contributed by atoms with Crippen molar-refractivity contribution < 1.29 is 4.79 Å². The Kier molecular flexibility index (Phi) is 3.86. The second-order valence-corrected chi connectivity index (χ2v) is 4.82. The first kappa shape index (κ1) is 12.9. The lowest BCUT2D eigenvalue weighted by atomic mass is 10.2. The Balaban J connectivity index is 1.95. The average molecular weight is 251 g/mol. The molecule has 0 saturated carbocycles. The lowest BCUT2D eigenvalue weighted by Gasteiger charge is -2.27. The van der Waals surface area contributed by atoms with Crippen molar-refractivity contribution in [3.8, 4) is 0 Å². The van der Waals surface area contributed by atoms with E-state index in [1.807, 2.05) is 7.05 Å². The summed E-state index contributed by atoms with van der Waals surface area (Å²) in [6, 6.07) is 2.05. The Labute approximate surface area is 107 Å². The molecule has 1 unspecified atom stereocenters. The number of aromatic nitrogens is 2. The summed E-state index contributed by atoms with van der Waals surface area (Å²) in [5.41, 5.74) is 5.96. The molecule has 0 spiro atoms. The fraction of sp³-hybridized carbons (Fsp3) is 0.667. The molecule has 18 heavy (non-hydrogen) atoms. The third-order valence-corrected chi connectivity index (χ3v) is 3.56. The highest BCUT2D eigenvalue weighted by Crippen LogP contribution is 2.17. The van der Waals surface area contributed by atoms with E-state index in [-0.39, 0.29) is 5.91 Å². The van der Waals surface area contributed by atoms with Crippen LogP contribution in [0.25, 0.3) is 0 Å². The minimum absolute atomic E-state index is 0.0536. The van der Waals surface area contributed by atoms with Crippen molar-refractivity contribution in [2.24, 2.45) is 0 Å². The van der Waals surface area contributed by atoms with Crippen LogP contribution < -0.4 is 5.73 Å².